The Kier molecular flexibility index (Phi) is 3.61. The Labute approximate surface area is 109 Å². The van der Waals surface area contributed by atoms with Crippen LogP contribution >= 0.6 is 0 Å². The molecule has 0 atom stereocenters. The summed E-state index contributed by atoms with van der Waals surface area (Å²) in [6.07, 6.45) is 3.19. The number of aromatic nitrogens is 2. The molecule has 98 valence electrons. The Hall–Kier alpha value is -2.63. The molecule has 0 radical (unpaired) electrons. The van der Waals surface area contributed by atoms with Gasteiger partial charge in [-0.05, 0) is 30.7 Å². The maximum Gasteiger partial charge on any atom is 0.352 e. The standard InChI is InChI=1S/C13H13N3O3/c1-9-4-5-11(14-7-9)15-12(17)8-16-6-2-3-10(16)13(18)19/h2-7H,8H2,1H3,(H,18,19)(H,14,15,17). The van der Waals surface area contributed by atoms with Gasteiger partial charge in [-0.3, -0.25) is 4.79 Å². The molecule has 1 amide bonds. The molecule has 2 N–H and O–H groups in total. The molecule has 0 aromatic carbocycles. The summed E-state index contributed by atoms with van der Waals surface area (Å²) in [4.78, 5) is 26.7. The van der Waals surface area contributed by atoms with Gasteiger partial charge in [0.05, 0.1) is 0 Å². The first-order chi connectivity index (χ1) is 9.06. The van der Waals surface area contributed by atoms with Gasteiger partial charge in [-0.25, -0.2) is 9.78 Å². The lowest BCUT2D eigenvalue weighted by atomic mass is 10.3. The molecular formula is C13H13N3O3. The van der Waals surface area contributed by atoms with E-state index in [9.17, 15) is 9.59 Å². The lowest BCUT2D eigenvalue weighted by molar-refractivity contribution is -0.116. The summed E-state index contributed by atoms with van der Waals surface area (Å²) >= 11 is 0. The number of carboxylic acid groups (broad SMARTS) is 1. The minimum Gasteiger partial charge on any atom is -0.477 e. The summed E-state index contributed by atoms with van der Waals surface area (Å²) in [5.74, 6) is -0.944. The first kappa shape index (κ1) is 12.8. The highest BCUT2D eigenvalue weighted by atomic mass is 16.4. The van der Waals surface area contributed by atoms with Crippen molar-refractivity contribution in [3.8, 4) is 0 Å². The van der Waals surface area contributed by atoms with Gasteiger partial charge in [-0.2, -0.15) is 0 Å². The number of pyridine rings is 1. The number of rotatable bonds is 4. The van der Waals surface area contributed by atoms with Crippen molar-refractivity contribution in [2.24, 2.45) is 0 Å². The van der Waals surface area contributed by atoms with Gasteiger partial charge in [0.25, 0.3) is 0 Å². The van der Waals surface area contributed by atoms with Gasteiger partial charge in [-0.15, -0.1) is 0 Å². The predicted octanol–water partition coefficient (Wildman–Crippen LogP) is 1.53. The topological polar surface area (TPSA) is 84.2 Å². The second kappa shape index (κ2) is 5.34. The molecule has 0 fully saturated rings. The number of nitrogens with one attached hydrogen (secondary N) is 1. The predicted molar refractivity (Wildman–Crippen MR) is 69.0 cm³/mol. The lowest BCUT2D eigenvalue weighted by Gasteiger charge is -2.07. The fraction of sp³-hybridized carbons (Fsp3) is 0.154. The Morgan fingerprint density at radius 2 is 2.16 bits per heavy atom. The van der Waals surface area contributed by atoms with Crippen LogP contribution in [0.4, 0.5) is 5.82 Å². The fourth-order valence-corrected chi connectivity index (χ4v) is 1.62. The normalized spacial score (nSPS) is 10.2. The largest absolute Gasteiger partial charge is 0.477 e. The molecule has 0 aliphatic carbocycles. The van der Waals surface area contributed by atoms with Crippen molar-refractivity contribution in [1.82, 2.24) is 9.55 Å². The molecule has 2 aromatic heterocycles. The van der Waals surface area contributed by atoms with Crippen LogP contribution in [0.2, 0.25) is 0 Å². The van der Waals surface area contributed by atoms with E-state index in [1.165, 1.54) is 10.6 Å². The number of hydrogen-bond acceptors (Lipinski definition) is 3. The first-order valence-corrected chi connectivity index (χ1v) is 5.67. The molecule has 6 heteroatoms. The summed E-state index contributed by atoms with van der Waals surface area (Å²) in [7, 11) is 0. The minimum atomic E-state index is -1.06. The smallest absolute Gasteiger partial charge is 0.352 e. The number of carbonyl (C=O) groups excluding carboxylic acids is 1. The number of aromatic carboxylic acids is 1. The van der Waals surface area contributed by atoms with E-state index in [0.29, 0.717) is 5.82 Å². The maximum absolute atomic E-state index is 11.8. The number of anilines is 1. The molecule has 2 aromatic rings. The van der Waals surface area contributed by atoms with Gasteiger partial charge in [0.1, 0.15) is 18.1 Å². The minimum absolute atomic E-state index is 0.0653. The van der Waals surface area contributed by atoms with E-state index in [-0.39, 0.29) is 18.1 Å². The van der Waals surface area contributed by atoms with Crippen LogP contribution in [0, 0.1) is 6.92 Å². The van der Waals surface area contributed by atoms with Crippen LogP contribution in [0.15, 0.2) is 36.7 Å². The van der Waals surface area contributed by atoms with Crippen molar-refractivity contribution < 1.29 is 14.7 Å². The Morgan fingerprint density at radius 1 is 1.37 bits per heavy atom. The third kappa shape index (κ3) is 3.19. The molecule has 0 saturated carbocycles. The lowest BCUT2D eigenvalue weighted by Crippen LogP contribution is -2.21. The van der Waals surface area contributed by atoms with E-state index in [2.05, 4.69) is 10.3 Å². The highest BCUT2D eigenvalue weighted by Crippen LogP contribution is 2.06. The van der Waals surface area contributed by atoms with E-state index in [1.807, 2.05) is 13.0 Å². The van der Waals surface area contributed by atoms with Crippen LogP contribution < -0.4 is 5.32 Å². The van der Waals surface area contributed by atoms with E-state index >= 15 is 0 Å². The Balaban J connectivity index is 2.03. The third-order valence-electron chi connectivity index (χ3n) is 2.54. The summed E-state index contributed by atoms with van der Waals surface area (Å²) < 4.78 is 1.37. The van der Waals surface area contributed by atoms with Crippen molar-refractivity contribution in [2.75, 3.05) is 5.32 Å². The number of carbonyl (C=O) groups is 2. The van der Waals surface area contributed by atoms with Crippen LogP contribution in [0.5, 0.6) is 0 Å². The molecule has 0 saturated heterocycles. The van der Waals surface area contributed by atoms with Gasteiger partial charge >= 0.3 is 5.97 Å². The average Bonchev–Trinajstić information content (AvgIpc) is 2.80. The van der Waals surface area contributed by atoms with Crippen molar-refractivity contribution >= 4 is 17.7 Å². The van der Waals surface area contributed by atoms with Gasteiger partial charge in [-0.1, -0.05) is 6.07 Å². The van der Waals surface area contributed by atoms with Crippen LogP contribution in [0.25, 0.3) is 0 Å². The second-order valence-electron chi connectivity index (χ2n) is 4.10. The van der Waals surface area contributed by atoms with E-state index in [1.54, 1.807) is 24.5 Å². The third-order valence-corrected chi connectivity index (χ3v) is 2.54. The molecule has 19 heavy (non-hydrogen) atoms. The molecule has 0 aliphatic rings. The number of amides is 1. The van der Waals surface area contributed by atoms with Crippen molar-refractivity contribution in [3.63, 3.8) is 0 Å². The monoisotopic (exact) mass is 259 g/mol. The maximum atomic E-state index is 11.8. The Bertz CT molecular complexity index is 602. The molecule has 0 spiro atoms. The molecule has 2 heterocycles. The molecule has 2 rings (SSSR count). The van der Waals surface area contributed by atoms with Gasteiger partial charge < -0.3 is 15.0 Å². The highest BCUT2D eigenvalue weighted by molar-refractivity contribution is 5.91. The van der Waals surface area contributed by atoms with Gasteiger partial charge in [0.2, 0.25) is 5.91 Å². The van der Waals surface area contributed by atoms with Gasteiger partial charge in [0.15, 0.2) is 0 Å². The van der Waals surface area contributed by atoms with Crippen LogP contribution in [0.1, 0.15) is 16.1 Å². The van der Waals surface area contributed by atoms with Crippen molar-refractivity contribution in [3.05, 3.63) is 47.9 Å². The number of nitrogens with zero attached hydrogens (tertiary/aromatic N) is 2. The summed E-state index contributed by atoms with van der Waals surface area (Å²) in [6.45, 7) is 1.84. The molecule has 0 bridgehead atoms. The Morgan fingerprint density at radius 3 is 2.79 bits per heavy atom. The zero-order valence-electron chi connectivity index (χ0n) is 10.3. The summed E-state index contributed by atoms with van der Waals surface area (Å²) in [6, 6.07) is 6.56. The van der Waals surface area contributed by atoms with Crippen LogP contribution in [0.3, 0.4) is 0 Å². The van der Waals surface area contributed by atoms with Crippen LogP contribution in [-0.2, 0) is 11.3 Å². The van der Waals surface area contributed by atoms with Crippen molar-refractivity contribution in [1.29, 1.82) is 0 Å². The average molecular weight is 259 g/mol. The zero-order valence-corrected chi connectivity index (χ0v) is 10.3. The highest BCUT2D eigenvalue weighted by Gasteiger charge is 2.11. The second-order valence-corrected chi connectivity index (χ2v) is 4.10. The van der Waals surface area contributed by atoms with E-state index in [0.717, 1.165) is 5.56 Å². The summed E-state index contributed by atoms with van der Waals surface area (Å²) in [5, 5.41) is 11.5. The van der Waals surface area contributed by atoms with E-state index < -0.39 is 5.97 Å². The number of aryl methyl sites for hydroxylation is 1. The zero-order chi connectivity index (χ0) is 13.8. The van der Waals surface area contributed by atoms with Crippen molar-refractivity contribution in [2.45, 2.75) is 13.5 Å². The van der Waals surface area contributed by atoms with Crippen LogP contribution in [-0.4, -0.2) is 26.5 Å². The molecule has 0 aliphatic heterocycles. The quantitative estimate of drug-likeness (QED) is 0.872. The molecule has 6 nitrogen and oxygen atoms in total. The van der Waals surface area contributed by atoms with E-state index in [4.69, 9.17) is 5.11 Å². The fourth-order valence-electron chi connectivity index (χ4n) is 1.62. The first-order valence-electron chi connectivity index (χ1n) is 5.67. The van der Waals surface area contributed by atoms with Gasteiger partial charge in [0, 0.05) is 12.4 Å². The molecular weight excluding hydrogens is 246 g/mol. The SMILES string of the molecule is Cc1ccc(NC(=O)Cn2cccc2C(=O)O)nc1. The summed E-state index contributed by atoms with van der Waals surface area (Å²) in [5.41, 5.74) is 1.07. The number of hydrogen-bond donors (Lipinski definition) is 2. The number of carboxylic acids is 1. The molecule has 0 unspecified atom stereocenters.